The third-order valence-electron chi connectivity index (χ3n) is 13.5. The summed E-state index contributed by atoms with van der Waals surface area (Å²) in [4.78, 5) is 15.3. The van der Waals surface area contributed by atoms with Crippen molar-refractivity contribution >= 4 is 43.7 Å². The SMILES string of the molecule is CC1(C)c2cc3oc4ccccc4c3cc2-c2cc3c4ccccc4n(-c4ccc(-c5nc(-c6ccc(-c7ccccc7)cc6)nc(-c6ccc(-c7ccccc7)cc6)n5)cc4)c3cc21. The zero-order chi connectivity index (χ0) is 43.2. The van der Waals surface area contributed by atoms with Gasteiger partial charge in [-0.2, -0.15) is 0 Å². The van der Waals surface area contributed by atoms with E-state index < -0.39 is 0 Å². The van der Waals surface area contributed by atoms with Crippen molar-refractivity contribution in [3.63, 3.8) is 0 Å². The van der Waals surface area contributed by atoms with E-state index in [-0.39, 0.29) is 5.41 Å². The van der Waals surface area contributed by atoms with Gasteiger partial charge in [-0.25, -0.2) is 15.0 Å². The molecule has 0 atom stereocenters. The van der Waals surface area contributed by atoms with E-state index in [2.05, 4.69) is 206 Å². The van der Waals surface area contributed by atoms with Crippen LogP contribution in [0.15, 0.2) is 211 Å². The van der Waals surface area contributed by atoms with E-state index in [0.717, 1.165) is 61.0 Å². The first-order chi connectivity index (χ1) is 31.9. The Morgan fingerprint density at radius 2 is 0.800 bits per heavy atom. The van der Waals surface area contributed by atoms with E-state index in [1.165, 1.54) is 49.7 Å². The Kier molecular flexibility index (Phi) is 8.18. The van der Waals surface area contributed by atoms with Crippen molar-refractivity contribution in [2.75, 3.05) is 0 Å². The van der Waals surface area contributed by atoms with Crippen LogP contribution in [0.2, 0.25) is 0 Å². The summed E-state index contributed by atoms with van der Waals surface area (Å²) in [6, 6.07) is 73.0. The largest absolute Gasteiger partial charge is 0.456 e. The highest BCUT2D eigenvalue weighted by Gasteiger charge is 2.37. The van der Waals surface area contributed by atoms with Crippen molar-refractivity contribution in [3.05, 3.63) is 217 Å². The lowest BCUT2D eigenvalue weighted by Gasteiger charge is -2.21. The van der Waals surface area contributed by atoms with Gasteiger partial charge in [0, 0.05) is 49.3 Å². The van der Waals surface area contributed by atoms with E-state index in [4.69, 9.17) is 19.4 Å². The molecule has 0 unspecified atom stereocenters. The van der Waals surface area contributed by atoms with Crippen molar-refractivity contribution < 1.29 is 4.42 Å². The molecular weight excluding hydrogens is 793 g/mol. The fraction of sp³-hybridized carbons (Fsp3) is 0.0500. The van der Waals surface area contributed by atoms with Gasteiger partial charge in [-0.05, 0) is 105 Å². The molecule has 3 heterocycles. The normalized spacial score (nSPS) is 12.9. The molecule has 0 radical (unpaired) electrons. The molecule has 0 aliphatic heterocycles. The van der Waals surface area contributed by atoms with Crippen LogP contribution in [0.25, 0.3) is 117 Å². The number of hydrogen-bond acceptors (Lipinski definition) is 4. The summed E-state index contributed by atoms with van der Waals surface area (Å²) in [6.07, 6.45) is 0. The number of benzene rings is 9. The van der Waals surface area contributed by atoms with E-state index in [0.29, 0.717) is 17.5 Å². The number of furan rings is 1. The lowest BCUT2D eigenvalue weighted by atomic mass is 9.82. The minimum atomic E-state index is -0.227. The van der Waals surface area contributed by atoms with Gasteiger partial charge < -0.3 is 8.98 Å². The van der Waals surface area contributed by atoms with Crippen LogP contribution in [0, 0.1) is 0 Å². The summed E-state index contributed by atoms with van der Waals surface area (Å²) in [7, 11) is 0. The maximum Gasteiger partial charge on any atom is 0.164 e. The standard InChI is InChI=1S/C60H40N4O/c1-60(2)51-35-54-49(33-47(51)48-34-50-46-18-10-12-20-55(46)65-56(50)36-52(48)60)45-17-9-11-19-53(45)64(54)44-31-29-43(30-32-44)59-62-57(41-25-21-39(22-26-41)37-13-5-3-6-14-37)61-58(63-59)42-27-23-40(24-28-42)38-15-7-4-8-16-38/h3-36H,1-2H3. The number of hydrogen-bond donors (Lipinski definition) is 0. The second-order valence-corrected chi connectivity index (χ2v) is 17.6. The number of rotatable bonds is 6. The number of aromatic nitrogens is 4. The van der Waals surface area contributed by atoms with Crippen molar-refractivity contribution in [1.29, 1.82) is 0 Å². The van der Waals surface area contributed by atoms with Crippen LogP contribution in [0.1, 0.15) is 25.0 Å². The number of nitrogens with zero attached hydrogens (tertiary/aromatic N) is 4. The van der Waals surface area contributed by atoms with Gasteiger partial charge in [-0.15, -0.1) is 0 Å². The predicted molar refractivity (Wildman–Crippen MR) is 266 cm³/mol. The molecule has 1 aliphatic rings. The third-order valence-corrected chi connectivity index (χ3v) is 13.5. The zero-order valence-electron chi connectivity index (χ0n) is 35.8. The molecule has 0 N–H and O–H groups in total. The average molecular weight is 833 g/mol. The van der Waals surface area contributed by atoms with Gasteiger partial charge in [0.2, 0.25) is 0 Å². The molecule has 5 nitrogen and oxygen atoms in total. The fourth-order valence-electron chi connectivity index (χ4n) is 10.1. The molecule has 0 saturated carbocycles. The highest BCUT2D eigenvalue weighted by atomic mass is 16.3. The summed E-state index contributed by atoms with van der Waals surface area (Å²) in [5.41, 5.74) is 17.6. The Bertz CT molecular complexity index is 3710. The predicted octanol–water partition coefficient (Wildman–Crippen LogP) is 15.5. The molecule has 65 heavy (non-hydrogen) atoms. The fourth-order valence-corrected chi connectivity index (χ4v) is 10.1. The second kappa shape index (κ2) is 14.3. The molecule has 0 amide bonds. The summed E-state index contributed by atoms with van der Waals surface area (Å²) < 4.78 is 8.79. The van der Waals surface area contributed by atoms with E-state index >= 15 is 0 Å². The highest BCUT2D eigenvalue weighted by molar-refractivity contribution is 6.13. The van der Waals surface area contributed by atoms with Gasteiger partial charge >= 0.3 is 0 Å². The smallest absolute Gasteiger partial charge is 0.164 e. The van der Waals surface area contributed by atoms with Crippen LogP contribution >= 0.6 is 0 Å². The molecule has 13 rings (SSSR count). The van der Waals surface area contributed by atoms with E-state index in [1.54, 1.807) is 0 Å². The van der Waals surface area contributed by atoms with Gasteiger partial charge in [0.25, 0.3) is 0 Å². The molecule has 12 aromatic rings. The minimum Gasteiger partial charge on any atom is -0.456 e. The Labute approximate surface area is 376 Å². The quantitative estimate of drug-likeness (QED) is 0.167. The van der Waals surface area contributed by atoms with Gasteiger partial charge in [-0.1, -0.05) is 159 Å². The van der Waals surface area contributed by atoms with Gasteiger partial charge in [-0.3, -0.25) is 0 Å². The van der Waals surface area contributed by atoms with Crippen LogP contribution < -0.4 is 0 Å². The maximum absolute atomic E-state index is 6.39. The zero-order valence-corrected chi connectivity index (χ0v) is 35.8. The maximum atomic E-state index is 6.39. The van der Waals surface area contributed by atoms with Crippen LogP contribution in [-0.4, -0.2) is 19.5 Å². The molecule has 1 aliphatic carbocycles. The molecular formula is C60H40N4O. The Morgan fingerprint density at radius 3 is 1.38 bits per heavy atom. The lowest BCUT2D eigenvalue weighted by molar-refractivity contribution is 0.647. The molecule has 5 heteroatoms. The van der Waals surface area contributed by atoms with Crippen molar-refractivity contribution in [2.45, 2.75) is 19.3 Å². The first-order valence-corrected chi connectivity index (χ1v) is 22.2. The van der Waals surface area contributed by atoms with Crippen molar-refractivity contribution in [2.24, 2.45) is 0 Å². The molecule has 0 fully saturated rings. The molecule has 3 aromatic heterocycles. The van der Waals surface area contributed by atoms with Crippen LogP contribution in [0.5, 0.6) is 0 Å². The molecule has 306 valence electrons. The topological polar surface area (TPSA) is 56.7 Å². The van der Waals surface area contributed by atoms with Gasteiger partial charge in [0.1, 0.15) is 11.2 Å². The average Bonchev–Trinajstić information content (AvgIpc) is 3.97. The third kappa shape index (κ3) is 5.97. The summed E-state index contributed by atoms with van der Waals surface area (Å²) in [5, 5.41) is 4.76. The van der Waals surface area contributed by atoms with Crippen LogP contribution in [-0.2, 0) is 5.41 Å². The van der Waals surface area contributed by atoms with Gasteiger partial charge in [0.15, 0.2) is 17.5 Å². The Morgan fingerprint density at radius 1 is 0.354 bits per heavy atom. The van der Waals surface area contributed by atoms with E-state index in [9.17, 15) is 0 Å². The Balaban J connectivity index is 0.919. The Hall–Kier alpha value is -8.41. The minimum absolute atomic E-state index is 0.227. The van der Waals surface area contributed by atoms with Crippen molar-refractivity contribution in [1.82, 2.24) is 19.5 Å². The summed E-state index contributed by atoms with van der Waals surface area (Å²) in [6.45, 7) is 4.68. The first kappa shape index (κ1) is 37.2. The van der Waals surface area contributed by atoms with Gasteiger partial charge in [0.05, 0.1) is 11.0 Å². The van der Waals surface area contributed by atoms with E-state index in [1.807, 2.05) is 18.2 Å². The number of para-hydroxylation sites is 2. The molecule has 0 spiro atoms. The van der Waals surface area contributed by atoms with Crippen LogP contribution in [0.4, 0.5) is 0 Å². The van der Waals surface area contributed by atoms with Crippen LogP contribution in [0.3, 0.4) is 0 Å². The lowest BCUT2D eigenvalue weighted by Crippen LogP contribution is -2.15. The monoisotopic (exact) mass is 832 g/mol. The molecule has 0 bridgehead atoms. The summed E-state index contributed by atoms with van der Waals surface area (Å²) in [5.74, 6) is 1.87. The summed E-state index contributed by atoms with van der Waals surface area (Å²) >= 11 is 0. The molecule has 0 saturated heterocycles. The number of fused-ring (bicyclic) bond motifs is 9. The van der Waals surface area contributed by atoms with Crippen molar-refractivity contribution in [3.8, 4) is 73.2 Å². The highest BCUT2D eigenvalue weighted by Crippen LogP contribution is 2.53. The first-order valence-electron chi connectivity index (χ1n) is 22.2. The second-order valence-electron chi connectivity index (χ2n) is 17.6. The molecule has 9 aromatic carbocycles.